The van der Waals surface area contributed by atoms with Gasteiger partial charge in [-0.1, -0.05) is 56.7 Å². The lowest BCUT2D eigenvalue weighted by molar-refractivity contribution is 0.604. The van der Waals surface area contributed by atoms with Crippen LogP contribution in [0.15, 0.2) is 29.8 Å². The lowest BCUT2D eigenvalue weighted by Crippen LogP contribution is -2.27. The van der Waals surface area contributed by atoms with E-state index in [1.165, 1.54) is 23.1 Å². The van der Waals surface area contributed by atoms with Gasteiger partial charge in [0.1, 0.15) is 0 Å². The molecule has 1 rings (SSSR count). The van der Waals surface area contributed by atoms with Gasteiger partial charge in [0.05, 0.1) is 0 Å². The maximum absolute atomic E-state index is 3.52. The number of hydrogen-bond donors (Lipinski definition) is 1. The molecule has 1 heteroatoms. The normalized spacial score (nSPS) is 13.9. The number of hydrogen-bond acceptors (Lipinski definition) is 1. The Morgan fingerprint density at radius 2 is 1.79 bits per heavy atom. The van der Waals surface area contributed by atoms with E-state index in [4.69, 9.17) is 0 Å². The SMILES string of the molecule is CCCNC(C)/C(C)=C/c1ccc(CC(C)C)cc1. The molecule has 1 atom stereocenters. The van der Waals surface area contributed by atoms with Gasteiger partial charge in [-0.2, -0.15) is 0 Å². The van der Waals surface area contributed by atoms with Gasteiger partial charge in [0.25, 0.3) is 0 Å². The third-order valence-corrected chi connectivity index (χ3v) is 3.40. The molecular formula is C18H29N. The molecule has 0 fully saturated rings. The molecule has 1 N–H and O–H groups in total. The number of benzene rings is 1. The van der Waals surface area contributed by atoms with E-state index in [9.17, 15) is 0 Å². The number of nitrogens with one attached hydrogen (secondary N) is 1. The Bertz CT molecular complexity index is 387. The molecule has 0 aliphatic carbocycles. The van der Waals surface area contributed by atoms with Gasteiger partial charge in [-0.3, -0.25) is 0 Å². The van der Waals surface area contributed by atoms with Gasteiger partial charge in [0.2, 0.25) is 0 Å². The largest absolute Gasteiger partial charge is 0.311 e. The van der Waals surface area contributed by atoms with Crippen molar-refractivity contribution in [3.63, 3.8) is 0 Å². The molecule has 0 aliphatic heterocycles. The van der Waals surface area contributed by atoms with Crippen LogP contribution in [-0.2, 0) is 6.42 Å². The molecular weight excluding hydrogens is 230 g/mol. The Labute approximate surface area is 119 Å². The summed E-state index contributed by atoms with van der Waals surface area (Å²) in [4.78, 5) is 0. The summed E-state index contributed by atoms with van der Waals surface area (Å²) >= 11 is 0. The van der Waals surface area contributed by atoms with E-state index in [-0.39, 0.29) is 0 Å². The van der Waals surface area contributed by atoms with Crippen molar-refractivity contribution in [1.82, 2.24) is 5.32 Å². The highest BCUT2D eigenvalue weighted by atomic mass is 14.9. The first-order chi connectivity index (χ1) is 9.02. The van der Waals surface area contributed by atoms with E-state index < -0.39 is 0 Å². The van der Waals surface area contributed by atoms with Gasteiger partial charge in [-0.05, 0) is 50.3 Å². The Balaban J connectivity index is 2.65. The average Bonchev–Trinajstić information content (AvgIpc) is 2.37. The molecule has 1 unspecified atom stereocenters. The fourth-order valence-corrected chi connectivity index (χ4v) is 2.13. The molecule has 0 bridgehead atoms. The van der Waals surface area contributed by atoms with E-state index in [1.807, 2.05) is 0 Å². The first-order valence-electron chi connectivity index (χ1n) is 7.53. The van der Waals surface area contributed by atoms with Crippen molar-refractivity contribution < 1.29 is 0 Å². The highest BCUT2D eigenvalue weighted by Crippen LogP contribution is 2.13. The van der Waals surface area contributed by atoms with Crippen molar-refractivity contribution in [3.8, 4) is 0 Å². The highest BCUT2D eigenvalue weighted by molar-refractivity contribution is 5.53. The zero-order valence-electron chi connectivity index (χ0n) is 13.2. The van der Waals surface area contributed by atoms with Crippen LogP contribution in [0.1, 0.15) is 52.2 Å². The summed E-state index contributed by atoms with van der Waals surface area (Å²) < 4.78 is 0. The Morgan fingerprint density at radius 3 is 2.32 bits per heavy atom. The van der Waals surface area contributed by atoms with Gasteiger partial charge in [-0.15, -0.1) is 0 Å². The minimum Gasteiger partial charge on any atom is -0.311 e. The average molecular weight is 259 g/mol. The second-order valence-corrected chi connectivity index (χ2v) is 5.90. The maximum Gasteiger partial charge on any atom is 0.0251 e. The van der Waals surface area contributed by atoms with Crippen LogP contribution in [0.3, 0.4) is 0 Å². The summed E-state index contributed by atoms with van der Waals surface area (Å²) in [7, 11) is 0. The molecule has 0 spiro atoms. The summed E-state index contributed by atoms with van der Waals surface area (Å²) in [6.07, 6.45) is 4.63. The first-order valence-corrected chi connectivity index (χ1v) is 7.53. The standard InChI is InChI=1S/C18H29N/c1-6-11-19-16(5)15(4)13-18-9-7-17(8-10-18)12-14(2)3/h7-10,13-14,16,19H,6,11-12H2,1-5H3/b15-13+. The van der Waals surface area contributed by atoms with Crippen LogP contribution < -0.4 is 5.32 Å². The summed E-state index contributed by atoms with van der Waals surface area (Å²) in [5.41, 5.74) is 4.13. The summed E-state index contributed by atoms with van der Waals surface area (Å²) in [6, 6.07) is 9.42. The fourth-order valence-electron chi connectivity index (χ4n) is 2.13. The van der Waals surface area contributed by atoms with Crippen molar-refractivity contribution in [1.29, 1.82) is 0 Å². The van der Waals surface area contributed by atoms with Crippen molar-refractivity contribution in [3.05, 3.63) is 41.0 Å². The van der Waals surface area contributed by atoms with E-state index in [2.05, 4.69) is 70.3 Å². The van der Waals surface area contributed by atoms with E-state index in [0.29, 0.717) is 6.04 Å². The lowest BCUT2D eigenvalue weighted by atomic mass is 10.0. The number of rotatable bonds is 7. The molecule has 1 aromatic carbocycles. The van der Waals surface area contributed by atoms with Crippen LogP contribution in [0.25, 0.3) is 6.08 Å². The second kappa shape index (κ2) is 8.16. The minimum atomic E-state index is 0.454. The molecule has 1 nitrogen and oxygen atoms in total. The van der Waals surface area contributed by atoms with Crippen LogP contribution >= 0.6 is 0 Å². The van der Waals surface area contributed by atoms with Crippen LogP contribution in [-0.4, -0.2) is 12.6 Å². The maximum atomic E-state index is 3.52. The highest BCUT2D eigenvalue weighted by Gasteiger charge is 2.03. The third kappa shape index (κ3) is 6.07. The zero-order valence-corrected chi connectivity index (χ0v) is 13.2. The molecule has 0 aromatic heterocycles. The smallest absolute Gasteiger partial charge is 0.0251 e. The molecule has 0 saturated carbocycles. The van der Waals surface area contributed by atoms with Crippen molar-refractivity contribution in [2.24, 2.45) is 5.92 Å². The molecule has 19 heavy (non-hydrogen) atoms. The van der Waals surface area contributed by atoms with Gasteiger partial charge in [-0.25, -0.2) is 0 Å². The molecule has 0 heterocycles. The monoisotopic (exact) mass is 259 g/mol. The van der Waals surface area contributed by atoms with Gasteiger partial charge < -0.3 is 5.32 Å². The Kier molecular flexibility index (Phi) is 6.86. The van der Waals surface area contributed by atoms with Crippen LogP contribution in [0.5, 0.6) is 0 Å². The summed E-state index contributed by atoms with van der Waals surface area (Å²) in [5, 5.41) is 3.52. The molecule has 0 amide bonds. The van der Waals surface area contributed by atoms with Crippen LogP contribution in [0.4, 0.5) is 0 Å². The van der Waals surface area contributed by atoms with Crippen molar-refractivity contribution in [2.75, 3.05) is 6.54 Å². The zero-order chi connectivity index (χ0) is 14.3. The van der Waals surface area contributed by atoms with E-state index in [0.717, 1.165) is 18.9 Å². The predicted molar refractivity (Wildman–Crippen MR) is 86.4 cm³/mol. The Morgan fingerprint density at radius 1 is 1.16 bits per heavy atom. The Hall–Kier alpha value is -1.08. The molecule has 0 saturated heterocycles. The molecule has 106 valence electrons. The lowest BCUT2D eigenvalue weighted by Gasteiger charge is -2.14. The summed E-state index contributed by atoms with van der Waals surface area (Å²) in [5.74, 6) is 0.724. The second-order valence-electron chi connectivity index (χ2n) is 5.90. The summed E-state index contributed by atoms with van der Waals surface area (Å²) in [6.45, 7) is 12.2. The topological polar surface area (TPSA) is 12.0 Å². The quantitative estimate of drug-likeness (QED) is 0.750. The van der Waals surface area contributed by atoms with E-state index >= 15 is 0 Å². The first kappa shape index (κ1) is 16.0. The molecule has 0 aliphatic rings. The van der Waals surface area contributed by atoms with Gasteiger partial charge in [0, 0.05) is 6.04 Å². The minimum absolute atomic E-state index is 0.454. The fraction of sp³-hybridized carbons (Fsp3) is 0.556. The predicted octanol–water partition coefficient (Wildman–Crippen LogP) is 4.68. The van der Waals surface area contributed by atoms with Crippen LogP contribution in [0.2, 0.25) is 0 Å². The van der Waals surface area contributed by atoms with Crippen molar-refractivity contribution >= 4 is 6.08 Å². The molecule has 1 aromatic rings. The third-order valence-electron chi connectivity index (χ3n) is 3.40. The van der Waals surface area contributed by atoms with Crippen molar-refractivity contribution in [2.45, 2.75) is 53.5 Å². The van der Waals surface area contributed by atoms with Gasteiger partial charge in [0.15, 0.2) is 0 Å². The molecule has 0 radical (unpaired) electrons. The van der Waals surface area contributed by atoms with Crippen LogP contribution in [0, 0.1) is 5.92 Å². The van der Waals surface area contributed by atoms with Gasteiger partial charge >= 0.3 is 0 Å². The van der Waals surface area contributed by atoms with E-state index in [1.54, 1.807) is 0 Å².